The lowest BCUT2D eigenvalue weighted by Crippen LogP contribution is -2.33. The molecule has 1 aliphatic rings. The van der Waals surface area contributed by atoms with Crippen molar-refractivity contribution in [2.45, 2.75) is 38.9 Å². The summed E-state index contributed by atoms with van der Waals surface area (Å²) in [4.78, 5) is 19.8. The van der Waals surface area contributed by atoms with Gasteiger partial charge in [0, 0.05) is 37.1 Å². The van der Waals surface area contributed by atoms with Crippen LogP contribution < -0.4 is 15.4 Å². The first-order valence-corrected chi connectivity index (χ1v) is 13.5. The molecule has 0 spiro atoms. The number of aryl methyl sites for hydroxylation is 1. The molecule has 39 heavy (non-hydrogen) atoms. The summed E-state index contributed by atoms with van der Waals surface area (Å²) in [5.74, 6) is 0.528. The Kier molecular flexibility index (Phi) is 7.93. The Morgan fingerprint density at radius 1 is 1.05 bits per heavy atom. The Labute approximate surface area is 234 Å². The van der Waals surface area contributed by atoms with Crippen molar-refractivity contribution in [2.24, 2.45) is 0 Å². The van der Waals surface area contributed by atoms with E-state index in [-0.39, 0.29) is 24.4 Å². The van der Waals surface area contributed by atoms with Crippen LogP contribution in [0.3, 0.4) is 0 Å². The minimum absolute atomic E-state index is 0.100. The van der Waals surface area contributed by atoms with Gasteiger partial charge in [-0.2, -0.15) is 0 Å². The molecule has 2 N–H and O–H groups in total. The van der Waals surface area contributed by atoms with Gasteiger partial charge in [-0.3, -0.25) is 9.78 Å². The number of anilines is 1. The number of amides is 1. The third-order valence-electron chi connectivity index (χ3n) is 7.27. The Balaban J connectivity index is 1.43. The molecule has 4 aromatic rings. The lowest BCUT2D eigenvalue weighted by Gasteiger charge is -2.28. The second-order valence-corrected chi connectivity index (χ2v) is 10.1. The Morgan fingerprint density at radius 3 is 2.54 bits per heavy atom. The summed E-state index contributed by atoms with van der Waals surface area (Å²) < 4.78 is 7.72. The maximum Gasteiger partial charge on any atom is 0.226 e. The van der Waals surface area contributed by atoms with Crippen LogP contribution in [0.25, 0.3) is 0 Å². The van der Waals surface area contributed by atoms with Crippen LogP contribution in [0.5, 0.6) is 5.75 Å². The standard InChI is InChI=1S/C31H33N5O2S/c1-21-19-24(22(2)36(21)20-23-11-5-4-6-12-23)30-29(26-14-9-10-17-32-26)34-31(39)35(30)18-16-28(37)33-25-13-7-8-15-27(25)38-3/h4-15,17,19,29-30H,16,18,20H2,1-3H3,(H,33,37)(H,34,39)/t29-,30-/m1/s1. The van der Waals surface area contributed by atoms with Crippen LogP contribution in [0.1, 0.15) is 46.7 Å². The number of hydrogen-bond donors (Lipinski definition) is 2. The van der Waals surface area contributed by atoms with Crippen LogP contribution in [0.4, 0.5) is 5.69 Å². The van der Waals surface area contributed by atoms with E-state index in [0.29, 0.717) is 23.1 Å². The van der Waals surface area contributed by atoms with Gasteiger partial charge in [0.05, 0.1) is 30.6 Å². The third-order valence-corrected chi connectivity index (χ3v) is 7.63. The van der Waals surface area contributed by atoms with Gasteiger partial charge in [-0.15, -0.1) is 0 Å². The van der Waals surface area contributed by atoms with E-state index in [1.165, 1.54) is 22.5 Å². The summed E-state index contributed by atoms with van der Waals surface area (Å²) in [6.07, 6.45) is 2.08. The molecule has 0 saturated carbocycles. The van der Waals surface area contributed by atoms with E-state index in [0.717, 1.165) is 12.2 Å². The van der Waals surface area contributed by atoms with Gasteiger partial charge in [-0.25, -0.2) is 0 Å². The maximum absolute atomic E-state index is 13.0. The fourth-order valence-electron chi connectivity index (χ4n) is 5.30. The van der Waals surface area contributed by atoms with E-state index >= 15 is 0 Å². The number of hydrogen-bond acceptors (Lipinski definition) is 4. The van der Waals surface area contributed by atoms with Crippen molar-refractivity contribution in [1.82, 2.24) is 19.8 Å². The van der Waals surface area contributed by atoms with Crippen LogP contribution in [-0.2, 0) is 11.3 Å². The molecule has 0 radical (unpaired) electrons. The number of thiocarbonyl (C=S) groups is 1. The molecule has 200 valence electrons. The van der Waals surface area contributed by atoms with Crippen molar-refractivity contribution in [1.29, 1.82) is 0 Å². The summed E-state index contributed by atoms with van der Waals surface area (Å²) in [6.45, 7) is 5.55. The molecule has 3 heterocycles. The van der Waals surface area contributed by atoms with E-state index in [9.17, 15) is 4.79 Å². The Morgan fingerprint density at radius 2 is 1.79 bits per heavy atom. The summed E-state index contributed by atoms with van der Waals surface area (Å²) in [6, 6.07) is 25.8. The minimum atomic E-state index is -0.137. The zero-order valence-corrected chi connectivity index (χ0v) is 23.2. The Bertz CT molecular complexity index is 1450. The van der Waals surface area contributed by atoms with Crippen molar-refractivity contribution < 1.29 is 9.53 Å². The highest BCUT2D eigenvalue weighted by molar-refractivity contribution is 7.80. The van der Waals surface area contributed by atoms with Gasteiger partial charge >= 0.3 is 0 Å². The van der Waals surface area contributed by atoms with Crippen LogP contribution in [0.15, 0.2) is 85.1 Å². The first kappa shape index (κ1) is 26.4. The summed E-state index contributed by atoms with van der Waals surface area (Å²) in [5, 5.41) is 7.10. The highest BCUT2D eigenvalue weighted by Gasteiger charge is 2.41. The zero-order chi connectivity index (χ0) is 27.4. The van der Waals surface area contributed by atoms with Gasteiger partial charge in [0.2, 0.25) is 5.91 Å². The molecule has 2 aromatic carbocycles. The summed E-state index contributed by atoms with van der Waals surface area (Å²) in [5.41, 5.74) is 6.35. The molecule has 8 heteroatoms. The lowest BCUT2D eigenvalue weighted by atomic mass is 9.96. The number of para-hydroxylation sites is 2. The van der Waals surface area contributed by atoms with Gasteiger partial charge in [0.15, 0.2) is 5.11 Å². The number of ether oxygens (including phenoxy) is 1. The first-order valence-electron chi connectivity index (χ1n) is 13.1. The molecule has 0 aliphatic carbocycles. The summed E-state index contributed by atoms with van der Waals surface area (Å²) in [7, 11) is 1.59. The fourth-order valence-corrected chi connectivity index (χ4v) is 5.64. The van der Waals surface area contributed by atoms with E-state index in [2.05, 4.69) is 69.3 Å². The van der Waals surface area contributed by atoms with Crippen LogP contribution >= 0.6 is 12.2 Å². The van der Waals surface area contributed by atoms with Crippen LogP contribution in [0, 0.1) is 13.8 Å². The normalized spacial score (nSPS) is 16.7. The number of rotatable bonds is 9. The number of aromatic nitrogens is 2. The predicted octanol–water partition coefficient (Wildman–Crippen LogP) is 5.56. The smallest absolute Gasteiger partial charge is 0.226 e. The molecular weight excluding hydrogens is 506 g/mol. The third kappa shape index (κ3) is 5.66. The van der Waals surface area contributed by atoms with Gasteiger partial charge in [0.1, 0.15) is 5.75 Å². The minimum Gasteiger partial charge on any atom is -0.495 e. The van der Waals surface area contributed by atoms with Gasteiger partial charge in [-0.05, 0) is 67.5 Å². The molecule has 1 amide bonds. The van der Waals surface area contributed by atoms with Crippen molar-refractivity contribution in [3.8, 4) is 5.75 Å². The van der Waals surface area contributed by atoms with Gasteiger partial charge in [-0.1, -0.05) is 48.5 Å². The molecule has 5 rings (SSSR count). The average Bonchev–Trinajstić information content (AvgIpc) is 3.43. The quantitative estimate of drug-likeness (QED) is 0.272. The predicted molar refractivity (Wildman–Crippen MR) is 158 cm³/mol. The van der Waals surface area contributed by atoms with E-state index in [1.807, 2.05) is 48.5 Å². The largest absolute Gasteiger partial charge is 0.495 e. The summed E-state index contributed by atoms with van der Waals surface area (Å²) >= 11 is 5.83. The maximum atomic E-state index is 13.0. The van der Waals surface area contributed by atoms with Crippen molar-refractivity contribution >= 4 is 28.9 Å². The van der Waals surface area contributed by atoms with Crippen LogP contribution in [-0.4, -0.2) is 39.1 Å². The molecule has 7 nitrogen and oxygen atoms in total. The average molecular weight is 540 g/mol. The van der Waals surface area contributed by atoms with Crippen LogP contribution in [0.2, 0.25) is 0 Å². The number of benzene rings is 2. The van der Waals surface area contributed by atoms with Crippen molar-refractivity contribution in [3.63, 3.8) is 0 Å². The monoisotopic (exact) mass is 539 g/mol. The van der Waals surface area contributed by atoms with E-state index in [1.54, 1.807) is 13.3 Å². The number of pyridine rings is 1. The Hall–Kier alpha value is -4.17. The molecule has 2 atom stereocenters. The number of carbonyl (C=O) groups is 1. The van der Waals surface area contributed by atoms with E-state index in [4.69, 9.17) is 17.0 Å². The first-order chi connectivity index (χ1) is 19.0. The highest BCUT2D eigenvalue weighted by Crippen LogP contribution is 2.41. The lowest BCUT2D eigenvalue weighted by molar-refractivity contribution is -0.116. The molecule has 1 fully saturated rings. The van der Waals surface area contributed by atoms with Gasteiger partial charge < -0.3 is 24.8 Å². The van der Waals surface area contributed by atoms with Crippen molar-refractivity contribution in [3.05, 3.63) is 113 Å². The number of nitrogens with zero attached hydrogens (tertiary/aromatic N) is 3. The molecule has 0 unspecified atom stereocenters. The second-order valence-electron chi connectivity index (χ2n) is 9.72. The SMILES string of the molecule is COc1ccccc1NC(=O)CCN1C(=S)N[C@H](c2ccccn2)[C@H]1c1cc(C)n(Cc2ccccc2)c1C. The van der Waals surface area contributed by atoms with Crippen molar-refractivity contribution in [2.75, 3.05) is 19.0 Å². The van der Waals surface area contributed by atoms with Gasteiger partial charge in [0.25, 0.3) is 0 Å². The highest BCUT2D eigenvalue weighted by atomic mass is 32.1. The molecule has 1 aliphatic heterocycles. The molecule has 2 aromatic heterocycles. The van der Waals surface area contributed by atoms with E-state index < -0.39 is 0 Å². The second kappa shape index (κ2) is 11.7. The molecule has 1 saturated heterocycles. The number of carbonyl (C=O) groups excluding carboxylic acids is 1. The number of nitrogens with one attached hydrogen (secondary N) is 2. The number of methoxy groups -OCH3 is 1. The fraction of sp³-hybridized carbons (Fsp3) is 0.258. The topological polar surface area (TPSA) is 71.4 Å². The zero-order valence-electron chi connectivity index (χ0n) is 22.4. The molecule has 0 bridgehead atoms. The molecular formula is C31H33N5O2S.